The Labute approximate surface area is 223 Å². The number of anilines is 1. The van der Waals surface area contributed by atoms with Crippen molar-refractivity contribution in [3.63, 3.8) is 0 Å². The molecule has 198 valence electrons. The van der Waals surface area contributed by atoms with Gasteiger partial charge >= 0.3 is 0 Å². The summed E-state index contributed by atoms with van der Waals surface area (Å²) in [6.45, 7) is 5.71. The van der Waals surface area contributed by atoms with Crippen molar-refractivity contribution in [2.75, 3.05) is 30.8 Å². The van der Waals surface area contributed by atoms with Crippen LogP contribution in [0.1, 0.15) is 32.8 Å². The van der Waals surface area contributed by atoms with Crippen LogP contribution in [0.15, 0.2) is 42.5 Å². The lowest BCUT2D eigenvalue weighted by atomic mass is 10.1. The van der Waals surface area contributed by atoms with Crippen molar-refractivity contribution in [2.45, 2.75) is 39.8 Å². The van der Waals surface area contributed by atoms with Crippen LogP contribution in [-0.4, -0.2) is 57.6 Å². The molecule has 2 aromatic carbocycles. The predicted molar refractivity (Wildman–Crippen MR) is 144 cm³/mol. The van der Waals surface area contributed by atoms with Gasteiger partial charge in [-0.2, -0.15) is 0 Å². The van der Waals surface area contributed by atoms with Gasteiger partial charge in [0.05, 0.1) is 29.1 Å². The monoisotopic (exact) mass is 557 g/mol. The van der Waals surface area contributed by atoms with E-state index in [1.54, 1.807) is 31.2 Å². The lowest BCUT2D eigenvalue weighted by molar-refractivity contribution is -0.140. The number of carbonyl (C=O) groups is 2. The van der Waals surface area contributed by atoms with Crippen molar-refractivity contribution in [3.05, 3.63) is 58.1 Å². The van der Waals surface area contributed by atoms with Gasteiger partial charge in [-0.25, -0.2) is 8.42 Å². The zero-order chi connectivity index (χ0) is 27.0. The van der Waals surface area contributed by atoms with Crippen LogP contribution < -0.4 is 14.4 Å². The van der Waals surface area contributed by atoms with E-state index in [0.717, 1.165) is 16.1 Å². The Balaban J connectivity index is 2.48. The smallest absolute Gasteiger partial charge is 0.244 e. The summed E-state index contributed by atoms with van der Waals surface area (Å²) in [4.78, 5) is 28.2. The predicted octanol–water partition coefficient (Wildman–Crippen LogP) is 4.35. The highest BCUT2D eigenvalue weighted by Gasteiger charge is 2.32. The number of ether oxygens (including phenoxy) is 1. The van der Waals surface area contributed by atoms with E-state index in [4.69, 9.17) is 27.9 Å². The summed E-state index contributed by atoms with van der Waals surface area (Å²) in [5.41, 5.74) is 0.808. The average Bonchev–Trinajstić information content (AvgIpc) is 2.82. The summed E-state index contributed by atoms with van der Waals surface area (Å²) in [7, 11) is -2.38. The van der Waals surface area contributed by atoms with Crippen molar-refractivity contribution >= 4 is 50.7 Å². The fraction of sp³-hybridized carbons (Fsp3) is 0.440. The molecule has 0 heterocycles. The molecule has 8 nitrogen and oxygen atoms in total. The second-order valence-corrected chi connectivity index (χ2v) is 11.5. The van der Waals surface area contributed by atoms with Crippen LogP contribution in [0.25, 0.3) is 0 Å². The number of methoxy groups -OCH3 is 1. The van der Waals surface area contributed by atoms with E-state index in [0.29, 0.717) is 18.7 Å². The zero-order valence-corrected chi connectivity index (χ0v) is 23.5. The minimum absolute atomic E-state index is 0.0125. The fourth-order valence-corrected chi connectivity index (χ4v) is 4.89. The minimum Gasteiger partial charge on any atom is -0.497 e. The van der Waals surface area contributed by atoms with E-state index < -0.39 is 28.5 Å². The molecule has 0 fully saturated rings. The van der Waals surface area contributed by atoms with E-state index in [-0.39, 0.29) is 34.1 Å². The van der Waals surface area contributed by atoms with Gasteiger partial charge in [0.15, 0.2) is 0 Å². The van der Waals surface area contributed by atoms with Crippen molar-refractivity contribution < 1.29 is 22.7 Å². The van der Waals surface area contributed by atoms with E-state index in [9.17, 15) is 18.0 Å². The Bertz CT molecular complexity index is 1170. The Hall–Kier alpha value is -2.49. The van der Waals surface area contributed by atoms with Crippen molar-refractivity contribution in [3.8, 4) is 5.75 Å². The summed E-state index contributed by atoms with van der Waals surface area (Å²) < 4.78 is 31.6. The number of carbonyl (C=O) groups excluding carboxylic acids is 2. The number of nitrogens with zero attached hydrogens (tertiary/aromatic N) is 2. The van der Waals surface area contributed by atoms with E-state index in [1.165, 1.54) is 24.1 Å². The second kappa shape index (κ2) is 13.2. The van der Waals surface area contributed by atoms with Crippen LogP contribution in [0, 0.1) is 5.92 Å². The molecule has 11 heteroatoms. The molecule has 1 N–H and O–H groups in total. The van der Waals surface area contributed by atoms with E-state index in [1.807, 2.05) is 19.9 Å². The number of amides is 2. The van der Waals surface area contributed by atoms with Crippen LogP contribution in [0.3, 0.4) is 0 Å². The molecule has 36 heavy (non-hydrogen) atoms. The molecule has 2 amide bonds. The maximum Gasteiger partial charge on any atom is 0.244 e. The highest BCUT2D eigenvalue weighted by Crippen LogP contribution is 2.33. The van der Waals surface area contributed by atoms with Crippen molar-refractivity contribution in [1.82, 2.24) is 10.2 Å². The number of hydrogen-bond acceptors (Lipinski definition) is 5. The molecule has 2 aromatic rings. The lowest BCUT2D eigenvalue weighted by Gasteiger charge is -2.33. The van der Waals surface area contributed by atoms with Gasteiger partial charge in [0, 0.05) is 13.1 Å². The summed E-state index contributed by atoms with van der Waals surface area (Å²) in [6.07, 6.45) is 1.31. The van der Waals surface area contributed by atoms with Gasteiger partial charge < -0.3 is 15.0 Å². The van der Waals surface area contributed by atoms with Gasteiger partial charge in [-0.3, -0.25) is 13.9 Å². The molecule has 0 aromatic heterocycles. The number of benzene rings is 2. The third-order valence-electron chi connectivity index (χ3n) is 5.44. The summed E-state index contributed by atoms with van der Waals surface area (Å²) in [5.74, 6) is -0.0552. The quantitative estimate of drug-likeness (QED) is 0.418. The Morgan fingerprint density at radius 1 is 1.11 bits per heavy atom. The first-order chi connectivity index (χ1) is 16.9. The van der Waals surface area contributed by atoms with Gasteiger partial charge in [-0.1, -0.05) is 62.2 Å². The fourth-order valence-electron chi connectivity index (χ4n) is 3.59. The Morgan fingerprint density at radius 2 is 1.78 bits per heavy atom. The topological polar surface area (TPSA) is 96.0 Å². The van der Waals surface area contributed by atoms with Crippen molar-refractivity contribution in [2.24, 2.45) is 5.92 Å². The molecule has 2 rings (SSSR count). The molecule has 0 aliphatic carbocycles. The van der Waals surface area contributed by atoms with Crippen LogP contribution in [0.2, 0.25) is 10.0 Å². The molecule has 0 radical (unpaired) electrons. The summed E-state index contributed by atoms with van der Waals surface area (Å²) in [6, 6.07) is 10.9. The molecule has 0 aliphatic heterocycles. The van der Waals surface area contributed by atoms with Gasteiger partial charge in [0.25, 0.3) is 0 Å². The largest absolute Gasteiger partial charge is 0.497 e. The van der Waals surface area contributed by atoms with Crippen LogP contribution in [0.4, 0.5) is 5.69 Å². The zero-order valence-electron chi connectivity index (χ0n) is 21.1. The molecular weight excluding hydrogens is 525 g/mol. The molecule has 0 saturated heterocycles. The van der Waals surface area contributed by atoms with Gasteiger partial charge in [-0.15, -0.1) is 0 Å². The highest BCUT2D eigenvalue weighted by molar-refractivity contribution is 7.92. The first kappa shape index (κ1) is 29.7. The molecule has 0 bridgehead atoms. The standard InChI is InChI=1S/C25H33Cl2N3O5S/c1-6-21(25(32)28-14-17(2)3)29(15-18-9-7-10-19(13-18)35-4)23(31)16-30(36(5,33)34)22-12-8-11-20(26)24(22)27/h7-13,17,21H,6,14-16H2,1-5H3,(H,28,32). The molecule has 0 spiro atoms. The molecular formula is C25H33Cl2N3O5S. The number of sulfonamides is 1. The first-order valence-electron chi connectivity index (χ1n) is 11.5. The highest BCUT2D eigenvalue weighted by atomic mass is 35.5. The van der Waals surface area contributed by atoms with E-state index in [2.05, 4.69) is 5.32 Å². The number of hydrogen-bond donors (Lipinski definition) is 1. The van der Waals surface area contributed by atoms with Gasteiger partial charge in [0.2, 0.25) is 21.8 Å². The van der Waals surface area contributed by atoms with Crippen LogP contribution in [-0.2, 0) is 26.2 Å². The molecule has 1 unspecified atom stereocenters. The summed E-state index contributed by atoms with van der Waals surface area (Å²) >= 11 is 12.4. The first-order valence-corrected chi connectivity index (χ1v) is 14.1. The average molecular weight is 559 g/mol. The molecule has 1 atom stereocenters. The number of nitrogens with one attached hydrogen (secondary N) is 1. The lowest BCUT2D eigenvalue weighted by Crippen LogP contribution is -2.52. The van der Waals surface area contributed by atoms with Crippen molar-refractivity contribution in [1.29, 1.82) is 0 Å². The molecule has 0 aliphatic rings. The van der Waals surface area contributed by atoms with Crippen LogP contribution in [0.5, 0.6) is 5.75 Å². The minimum atomic E-state index is -3.92. The van der Waals surface area contributed by atoms with Crippen LogP contribution >= 0.6 is 23.2 Å². The van der Waals surface area contributed by atoms with E-state index >= 15 is 0 Å². The Kier molecular flexibility index (Phi) is 10.9. The summed E-state index contributed by atoms with van der Waals surface area (Å²) in [5, 5.41) is 3.05. The maximum atomic E-state index is 13.7. The SMILES string of the molecule is CCC(C(=O)NCC(C)C)N(Cc1cccc(OC)c1)C(=O)CN(c1cccc(Cl)c1Cl)S(C)(=O)=O. The molecule has 0 saturated carbocycles. The second-order valence-electron chi connectivity index (χ2n) is 8.78. The van der Waals surface area contributed by atoms with Gasteiger partial charge in [-0.05, 0) is 42.2 Å². The number of halogens is 2. The third-order valence-corrected chi connectivity index (χ3v) is 7.37. The van der Waals surface area contributed by atoms with Gasteiger partial charge in [0.1, 0.15) is 18.3 Å². The normalized spacial score (nSPS) is 12.2. The third kappa shape index (κ3) is 8.01. The Morgan fingerprint density at radius 3 is 2.36 bits per heavy atom. The number of rotatable bonds is 12. The maximum absolute atomic E-state index is 13.7.